The second-order valence-corrected chi connectivity index (χ2v) is 3.06. The van der Waals surface area contributed by atoms with Gasteiger partial charge in [0.2, 0.25) is 0 Å². The summed E-state index contributed by atoms with van der Waals surface area (Å²) >= 11 is 0. The Bertz CT molecular complexity index is 303. The second kappa shape index (κ2) is 8.08. The lowest BCUT2D eigenvalue weighted by Crippen LogP contribution is -2.03. The van der Waals surface area contributed by atoms with Crippen LogP contribution in [-0.4, -0.2) is 6.54 Å². The molecule has 0 saturated heterocycles. The second-order valence-electron chi connectivity index (χ2n) is 3.06. The van der Waals surface area contributed by atoms with E-state index in [0.29, 0.717) is 18.7 Å². The zero-order valence-electron chi connectivity index (χ0n) is 10.5. The van der Waals surface area contributed by atoms with Crippen LogP contribution in [0, 0.1) is 0 Å². The third kappa shape index (κ3) is 3.80. The Morgan fingerprint density at radius 1 is 1.25 bits per heavy atom. The van der Waals surface area contributed by atoms with Gasteiger partial charge in [0.25, 0.3) is 6.43 Å². The van der Waals surface area contributed by atoms with E-state index in [9.17, 15) is 8.78 Å². The molecule has 1 aromatic rings. The minimum atomic E-state index is -2.40. The zero-order valence-corrected chi connectivity index (χ0v) is 10.5. The first-order valence-electron chi connectivity index (χ1n) is 5.84. The fourth-order valence-electron chi connectivity index (χ4n) is 1.52. The molecule has 0 amide bonds. The van der Waals surface area contributed by atoms with E-state index < -0.39 is 6.43 Å². The van der Waals surface area contributed by atoms with Crippen molar-refractivity contribution in [2.75, 3.05) is 11.9 Å². The summed E-state index contributed by atoms with van der Waals surface area (Å²) in [6.45, 7) is 8.44. The zero-order chi connectivity index (χ0) is 12.6. The van der Waals surface area contributed by atoms with Gasteiger partial charge in [0, 0.05) is 19.2 Å². The van der Waals surface area contributed by atoms with Crippen molar-refractivity contribution in [2.45, 2.75) is 40.5 Å². The molecule has 0 aliphatic rings. The van der Waals surface area contributed by atoms with Crippen LogP contribution >= 0.6 is 0 Å². The topological polar surface area (TPSA) is 12.0 Å². The standard InChI is InChI=1S/C11H15F2N.C2H6.H2/c1-3-8-6-5-7-9(14-4-2)10(8)11(12)13;1-2;/h5-7,11,14H,3-4H2,1-2H3;1-2H3;1H. The van der Waals surface area contributed by atoms with Crippen LogP contribution in [0.25, 0.3) is 0 Å². The molecule has 0 aromatic heterocycles. The number of alkyl halides is 2. The van der Waals surface area contributed by atoms with Crippen LogP contribution in [0.3, 0.4) is 0 Å². The van der Waals surface area contributed by atoms with Gasteiger partial charge in [-0.25, -0.2) is 8.78 Å². The Morgan fingerprint density at radius 3 is 2.31 bits per heavy atom. The molecule has 0 fully saturated rings. The van der Waals surface area contributed by atoms with E-state index in [4.69, 9.17) is 0 Å². The highest BCUT2D eigenvalue weighted by Gasteiger charge is 2.15. The maximum atomic E-state index is 12.8. The van der Waals surface area contributed by atoms with Crippen molar-refractivity contribution in [2.24, 2.45) is 0 Å². The summed E-state index contributed by atoms with van der Waals surface area (Å²) in [4.78, 5) is 0. The summed E-state index contributed by atoms with van der Waals surface area (Å²) in [5.74, 6) is 0. The summed E-state index contributed by atoms with van der Waals surface area (Å²) in [5.41, 5.74) is 1.43. The van der Waals surface area contributed by atoms with Crippen LogP contribution in [0.5, 0.6) is 0 Å². The van der Waals surface area contributed by atoms with Gasteiger partial charge in [-0.1, -0.05) is 32.9 Å². The molecule has 0 aliphatic heterocycles. The van der Waals surface area contributed by atoms with Crippen molar-refractivity contribution in [1.82, 2.24) is 0 Å². The lowest BCUT2D eigenvalue weighted by Gasteiger charge is -2.13. The third-order valence-electron chi connectivity index (χ3n) is 2.16. The van der Waals surface area contributed by atoms with Gasteiger partial charge in [-0.3, -0.25) is 0 Å². The molecule has 0 aliphatic carbocycles. The molecule has 0 bridgehead atoms. The summed E-state index contributed by atoms with van der Waals surface area (Å²) < 4.78 is 25.5. The number of hydrogen-bond donors (Lipinski definition) is 1. The monoisotopic (exact) mass is 231 g/mol. The first-order chi connectivity index (χ1) is 7.70. The van der Waals surface area contributed by atoms with Gasteiger partial charge >= 0.3 is 0 Å². The quantitative estimate of drug-likeness (QED) is 0.777. The molecule has 0 atom stereocenters. The van der Waals surface area contributed by atoms with E-state index in [0.717, 1.165) is 5.56 Å². The van der Waals surface area contributed by atoms with Gasteiger partial charge in [-0.2, -0.15) is 0 Å². The molecular weight excluding hydrogens is 208 g/mol. The fourth-order valence-corrected chi connectivity index (χ4v) is 1.52. The predicted molar refractivity (Wildman–Crippen MR) is 68.4 cm³/mol. The molecule has 1 nitrogen and oxygen atoms in total. The molecule has 0 radical (unpaired) electrons. The highest BCUT2D eigenvalue weighted by molar-refractivity contribution is 5.55. The van der Waals surface area contributed by atoms with Crippen LogP contribution in [0.1, 0.15) is 46.7 Å². The molecule has 0 unspecified atom stereocenters. The van der Waals surface area contributed by atoms with E-state index >= 15 is 0 Å². The maximum Gasteiger partial charge on any atom is 0.266 e. The van der Waals surface area contributed by atoms with Crippen molar-refractivity contribution in [3.63, 3.8) is 0 Å². The Balaban J connectivity index is 0. The highest BCUT2D eigenvalue weighted by Crippen LogP contribution is 2.30. The molecule has 1 N–H and O–H groups in total. The molecule has 1 aromatic carbocycles. The molecule has 3 heteroatoms. The molecule has 1 rings (SSSR count). The number of nitrogens with one attached hydrogen (secondary N) is 1. The van der Waals surface area contributed by atoms with Gasteiger partial charge in [-0.05, 0) is 25.0 Å². The average molecular weight is 231 g/mol. The normalized spacial score (nSPS) is 9.69. The van der Waals surface area contributed by atoms with Crippen molar-refractivity contribution in [1.29, 1.82) is 0 Å². The van der Waals surface area contributed by atoms with Crippen LogP contribution in [0.2, 0.25) is 0 Å². The van der Waals surface area contributed by atoms with E-state index in [1.165, 1.54) is 0 Å². The van der Waals surface area contributed by atoms with E-state index in [2.05, 4.69) is 5.32 Å². The summed E-state index contributed by atoms with van der Waals surface area (Å²) in [7, 11) is 0. The summed E-state index contributed by atoms with van der Waals surface area (Å²) in [6, 6.07) is 5.26. The number of rotatable bonds is 4. The first-order valence-corrected chi connectivity index (χ1v) is 5.84. The first kappa shape index (κ1) is 14.9. The van der Waals surface area contributed by atoms with Gasteiger partial charge in [-0.15, -0.1) is 0 Å². The highest BCUT2D eigenvalue weighted by atomic mass is 19.3. The van der Waals surface area contributed by atoms with Gasteiger partial charge in [0.1, 0.15) is 0 Å². The molecule has 94 valence electrons. The lowest BCUT2D eigenvalue weighted by atomic mass is 10.0. The maximum absolute atomic E-state index is 12.8. The van der Waals surface area contributed by atoms with Crippen molar-refractivity contribution >= 4 is 5.69 Å². The third-order valence-corrected chi connectivity index (χ3v) is 2.16. The van der Waals surface area contributed by atoms with Crippen molar-refractivity contribution < 1.29 is 10.2 Å². The Morgan fingerprint density at radius 2 is 1.88 bits per heavy atom. The van der Waals surface area contributed by atoms with E-state index in [1.54, 1.807) is 12.1 Å². The Hall–Kier alpha value is -1.12. The minimum Gasteiger partial charge on any atom is -0.385 e. The molecular formula is C13H23F2N. The van der Waals surface area contributed by atoms with Crippen molar-refractivity contribution in [3.05, 3.63) is 29.3 Å². The van der Waals surface area contributed by atoms with Crippen molar-refractivity contribution in [3.8, 4) is 0 Å². The van der Waals surface area contributed by atoms with Crippen LogP contribution < -0.4 is 5.32 Å². The van der Waals surface area contributed by atoms with E-state index in [1.807, 2.05) is 33.8 Å². The van der Waals surface area contributed by atoms with Crippen LogP contribution in [0.4, 0.5) is 14.5 Å². The van der Waals surface area contributed by atoms with Gasteiger partial charge < -0.3 is 5.32 Å². The molecule has 0 saturated carbocycles. The minimum absolute atomic E-state index is 0. The SMILES string of the molecule is CC.CCNc1cccc(CC)c1C(F)F.[HH]. The number of hydrogen-bond acceptors (Lipinski definition) is 1. The predicted octanol–water partition coefficient (Wildman–Crippen LogP) is 4.89. The number of halogens is 2. The van der Waals surface area contributed by atoms with Crippen LogP contribution in [-0.2, 0) is 6.42 Å². The molecule has 0 heterocycles. The smallest absolute Gasteiger partial charge is 0.266 e. The van der Waals surface area contributed by atoms with E-state index in [-0.39, 0.29) is 6.99 Å². The molecule has 0 spiro atoms. The fraction of sp³-hybridized carbons (Fsp3) is 0.538. The number of anilines is 1. The average Bonchev–Trinajstić information content (AvgIpc) is 2.31. The van der Waals surface area contributed by atoms with Gasteiger partial charge in [0.05, 0.1) is 0 Å². The number of aryl methyl sites for hydroxylation is 1. The number of benzene rings is 1. The van der Waals surface area contributed by atoms with Crippen LogP contribution in [0.15, 0.2) is 18.2 Å². The lowest BCUT2D eigenvalue weighted by molar-refractivity contribution is 0.151. The summed E-state index contributed by atoms with van der Waals surface area (Å²) in [6.07, 6.45) is -1.76. The van der Waals surface area contributed by atoms with Gasteiger partial charge in [0.15, 0.2) is 0 Å². The Labute approximate surface area is 98.4 Å². The molecule has 16 heavy (non-hydrogen) atoms. The largest absolute Gasteiger partial charge is 0.385 e. The summed E-state index contributed by atoms with van der Waals surface area (Å²) in [5, 5.41) is 2.95. The Kier molecular flexibility index (Phi) is 7.52.